The van der Waals surface area contributed by atoms with Crippen LogP contribution in [-0.2, 0) is 0 Å². The molecule has 0 aromatic heterocycles. The molecule has 0 radical (unpaired) electrons. The van der Waals surface area contributed by atoms with E-state index in [0.717, 1.165) is 25.6 Å². The largest absolute Gasteiger partial charge is 0.315 e. The molecule has 0 fully saturated rings. The molecule has 2 heteroatoms. The van der Waals surface area contributed by atoms with Crippen molar-refractivity contribution < 1.29 is 0 Å². The molecule has 1 N–H and O–H groups in total. The van der Waals surface area contributed by atoms with E-state index in [1.807, 2.05) is 0 Å². The number of nitrogens with one attached hydrogen (secondary N) is 1. The lowest BCUT2D eigenvalue weighted by Crippen LogP contribution is -2.42. The van der Waals surface area contributed by atoms with Gasteiger partial charge in [0.15, 0.2) is 0 Å². The first-order valence-electron chi connectivity index (χ1n) is 7.16. The van der Waals surface area contributed by atoms with E-state index in [-0.39, 0.29) is 0 Å². The number of hydrogen-bond donors (Lipinski definition) is 1. The summed E-state index contributed by atoms with van der Waals surface area (Å²) >= 11 is 0. The molecule has 0 aromatic rings. The van der Waals surface area contributed by atoms with Crippen molar-refractivity contribution in [2.75, 3.05) is 26.7 Å². The van der Waals surface area contributed by atoms with Gasteiger partial charge in [0.1, 0.15) is 0 Å². The molecule has 17 heavy (non-hydrogen) atoms. The molecule has 0 aliphatic heterocycles. The fraction of sp³-hybridized carbons (Fsp3) is 1.00. The van der Waals surface area contributed by atoms with Crippen molar-refractivity contribution in [3.8, 4) is 0 Å². The summed E-state index contributed by atoms with van der Waals surface area (Å²) in [5.74, 6) is 0.834. The number of nitrogens with zero attached hydrogens (tertiary/aromatic N) is 1. The van der Waals surface area contributed by atoms with Crippen molar-refractivity contribution in [1.29, 1.82) is 0 Å². The van der Waals surface area contributed by atoms with E-state index >= 15 is 0 Å². The molecule has 0 heterocycles. The van der Waals surface area contributed by atoms with Crippen LogP contribution in [-0.4, -0.2) is 37.6 Å². The maximum absolute atomic E-state index is 3.54. The molecule has 2 nitrogen and oxygen atoms in total. The SMILES string of the molecule is CC(C)CCCNCCN(C)C(C)C(C)(C)C. The lowest BCUT2D eigenvalue weighted by Gasteiger charge is -2.35. The molecule has 0 aliphatic rings. The van der Waals surface area contributed by atoms with Gasteiger partial charge in [0.05, 0.1) is 0 Å². The van der Waals surface area contributed by atoms with Crippen LogP contribution in [0, 0.1) is 11.3 Å². The first-order valence-corrected chi connectivity index (χ1v) is 7.16. The Bertz CT molecular complexity index is 182. The summed E-state index contributed by atoms with van der Waals surface area (Å²) < 4.78 is 0. The van der Waals surface area contributed by atoms with Gasteiger partial charge in [-0.2, -0.15) is 0 Å². The van der Waals surface area contributed by atoms with E-state index in [9.17, 15) is 0 Å². The van der Waals surface area contributed by atoms with Crippen LogP contribution in [0.1, 0.15) is 54.4 Å². The van der Waals surface area contributed by atoms with Crippen LogP contribution in [0.15, 0.2) is 0 Å². The topological polar surface area (TPSA) is 15.3 Å². The van der Waals surface area contributed by atoms with Crippen molar-refractivity contribution in [3.05, 3.63) is 0 Å². The van der Waals surface area contributed by atoms with Crippen LogP contribution in [0.2, 0.25) is 0 Å². The summed E-state index contributed by atoms with van der Waals surface area (Å²) in [5.41, 5.74) is 0.367. The Morgan fingerprint density at radius 3 is 2.12 bits per heavy atom. The van der Waals surface area contributed by atoms with Crippen LogP contribution >= 0.6 is 0 Å². The molecule has 0 amide bonds. The average Bonchev–Trinajstić information content (AvgIpc) is 2.19. The van der Waals surface area contributed by atoms with E-state index in [4.69, 9.17) is 0 Å². The molecule has 0 rings (SSSR count). The minimum atomic E-state index is 0.367. The van der Waals surface area contributed by atoms with Crippen LogP contribution in [0.5, 0.6) is 0 Å². The molecule has 0 aromatic carbocycles. The summed E-state index contributed by atoms with van der Waals surface area (Å²) in [6.45, 7) is 17.2. The van der Waals surface area contributed by atoms with Gasteiger partial charge in [0.25, 0.3) is 0 Å². The van der Waals surface area contributed by atoms with Crippen molar-refractivity contribution in [2.45, 2.75) is 60.4 Å². The van der Waals surface area contributed by atoms with Gasteiger partial charge in [0, 0.05) is 19.1 Å². The second kappa shape index (κ2) is 8.10. The van der Waals surface area contributed by atoms with Gasteiger partial charge in [0.2, 0.25) is 0 Å². The second-order valence-corrected chi connectivity index (χ2v) is 6.81. The van der Waals surface area contributed by atoms with Crippen molar-refractivity contribution in [2.24, 2.45) is 11.3 Å². The summed E-state index contributed by atoms with van der Waals surface area (Å²) in [6, 6.07) is 0.625. The third-order valence-electron chi connectivity index (χ3n) is 3.69. The Labute approximate surface area is 109 Å². The molecular weight excluding hydrogens is 208 g/mol. The maximum atomic E-state index is 3.54. The average molecular weight is 242 g/mol. The Balaban J connectivity index is 3.55. The van der Waals surface area contributed by atoms with Crippen LogP contribution in [0.25, 0.3) is 0 Å². The molecule has 0 spiro atoms. The minimum Gasteiger partial charge on any atom is -0.315 e. The molecule has 0 bridgehead atoms. The Kier molecular flexibility index (Phi) is 8.06. The maximum Gasteiger partial charge on any atom is 0.0113 e. The highest BCUT2D eigenvalue weighted by Crippen LogP contribution is 2.22. The highest BCUT2D eigenvalue weighted by Gasteiger charge is 2.23. The molecule has 0 aliphatic carbocycles. The van der Waals surface area contributed by atoms with Gasteiger partial charge in [-0.15, -0.1) is 0 Å². The molecule has 1 atom stereocenters. The predicted molar refractivity (Wildman–Crippen MR) is 78.5 cm³/mol. The number of likely N-dealkylation sites (N-methyl/N-ethyl adjacent to an activating group) is 1. The fourth-order valence-electron chi connectivity index (χ4n) is 1.87. The van der Waals surface area contributed by atoms with E-state index < -0.39 is 0 Å². The van der Waals surface area contributed by atoms with E-state index in [0.29, 0.717) is 11.5 Å². The third-order valence-corrected chi connectivity index (χ3v) is 3.69. The number of hydrogen-bond acceptors (Lipinski definition) is 2. The second-order valence-electron chi connectivity index (χ2n) is 6.81. The van der Waals surface area contributed by atoms with E-state index in [1.54, 1.807) is 0 Å². The van der Waals surface area contributed by atoms with Crippen molar-refractivity contribution in [3.63, 3.8) is 0 Å². The zero-order valence-electron chi connectivity index (χ0n) is 13.1. The molecular formula is C15H34N2. The summed E-state index contributed by atoms with van der Waals surface area (Å²) in [6.07, 6.45) is 2.64. The van der Waals surface area contributed by atoms with Gasteiger partial charge in [-0.3, -0.25) is 0 Å². The summed E-state index contributed by atoms with van der Waals surface area (Å²) in [7, 11) is 2.23. The zero-order valence-corrected chi connectivity index (χ0v) is 13.1. The normalized spacial score (nSPS) is 14.6. The van der Waals surface area contributed by atoms with Crippen LogP contribution < -0.4 is 5.32 Å². The first kappa shape index (κ1) is 16.9. The minimum absolute atomic E-state index is 0.367. The summed E-state index contributed by atoms with van der Waals surface area (Å²) in [4.78, 5) is 2.45. The number of rotatable bonds is 8. The van der Waals surface area contributed by atoms with Gasteiger partial charge in [-0.25, -0.2) is 0 Å². The monoisotopic (exact) mass is 242 g/mol. The summed E-state index contributed by atoms with van der Waals surface area (Å²) in [5, 5.41) is 3.54. The highest BCUT2D eigenvalue weighted by molar-refractivity contribution is 4.77. The standard InChI is InChI=1S/C15H34N2/c1-13(2)9-8-10-16-11-12-17(7)14(3)15(4,5)6/h13-14,16H,8-12H2,1-7H3. The molecule has 1 unspecified atom stereocenters. The molecule has 104 valence electrons. The molecule has 0 saturated carbocycles. The smallest absolute Gasteiger partial charge is 0.0113 e. The Morgan fingerprint density at radius 2 is 1.65 bits per heavy atom. The Hall–Kier alpha value is -0.0800. The fourth-order valence-corrected chi connectivity index (χ4v) is 1.87. The Morgan fingerprint density at radius 1 is 1.06 bits per heavy atom. The van der Waals surface area contributed by atoms with E-state index in [2.05, 4.69) is 58.8 Å². The van der Waals surface area contributed by atoms with Gasteiger partial charge >= 0.3 is 0 Å². The van der Waals surface area contributed by atoms with Gasteiger partial charge in [-0.05, 0) is 44.7 Å². The van der Waals surface area contributed by atoms with Crippen LogP contribution in [0.4, 0.5) is 0 Å². The van der Waals surface area contributed by atoms with Crippen molar-refractivity contribution in [1.82, 2.24) is 10.2 Å². The van der Waals surface area contributed by atoms with Crippen LogP contribution in [0.3, 0.4) is 0 Å². The zero-order chi connectivity index (χ0) is 13.5. The van der Waals surface area contributed by atoms with Gasteiger partial charge in [-0.1, -0.05) is 34.6 Å². The lowest BCUT2D eigenvalue weighted by atomic mass is 9.87. The third kappa shape index (κ3) is 8.62. The van der Waals surface area contributed by atoms with Crippen molar-refractivity contribution >= 4 is 0 Å². The first-order chi connectivity index (χ1) is 7.75. The van der Waals surface area contributed by atoms with Gasteiger partial charge < -0.3 is 10.2 Å². The van der Waals surface area contributed by atoms with E-state index in [1.165, 1.54) is 12.8 Å². The highest BCUT2D eigenvalue weighted by atomic mass is 15.1. The quantitative estimate of drug-likeness (QED) is 0.657. The predicted octanol–water partition coefficient (Wildman–Crippen LogP) is 3.38. The lowest BCUT2D eigenvalue weighted by molar-refractivity contribution is 0.142. The molecule has 0 saturated heterocycles.